The van der Waals surface area contributed by atoms with E-state index in [1.807, 2.05) is 37.3 Å². The van der Waals surface area contributed by atoms with E-state index in [1.165, 1.54) is 4.52 Å². The fourth-order valence-corrected chi connectivity index (χ4v) is 2.21. The summed E-state index contributed by atoms with van der Waals surface area (Å²) in [4.78, 5) is 16.5. The molecule has 0 unspecified atom stereocenters. The number of carbonyl (C=O) groups excluding carboxylic acids is 1. The number of halogens is 1. The van der Waals surface area contributed by atoms with Crippen LogP contribution in [0.4, 0.5) is 0 Å². The average Bonchev–Trinajstić information content (AvgIpc) is 2.91. The van der Waals surface area contributed by atoms with Crippen LogP contribution in [0.5, 0.6) is 0 Å². The van der Waals surface area contributed by atoms with E-state index in [0.29, 0.717) is 16.5 Å². The maximum absolute atomic E-state index is 12.2. The summed E-state index contributed by atoms with van der Waals surface area (Å²) in [6.45, 7) is 1.93. The highest BCUT2D eigenvalue weighted by Gasteiger charge is 2.14. The van der Waals surface area contributed by atoms with Gasteiger partial charge in [-0.1, -0.05) is 41.9 Å². The van der Waals surface area contributed by atoms with Gasteiger partial charge in [-0.05, 0) is 24.6 Å². The van der Waals surface area contributed by atoms with Crippen molar-refractivity contribution in [2.24, 2.45) is 0 Å². The molecule has 6 heteroatoms. The van der Waals surface area contributed by atoms with Crippen LogP contribution < -0.4 is 5.32 Å². The maximum Gasteiger partial charge on any atom is 0.272 e. The van der Waals surface area contributed by atoms with Crippen LogP contribution in [-0.4, -0.2) is 20.5 Å². The van der Waals surface area contributed by atoms with Crippen molar-refractivity contribution in [2.75, 3.05) is 0 Å². The van der Waals surface area contributed by atoms with Crippen LogP contribution in [0.25, 0.3) is 5.65 Å². The Morgan fingerprint density at radius 2 is 2.00 bits per heavy atom. The van der Waals surface area contributed by atoms with Gasteiger partial charge < -0.3 is 5.32 Å². The third-order valence-electron chi connectivity index (χ3n) is 3.17. The molecule has 5 nitrogen and oxygen atoms in total. The molecule has 106 valence electrons. The van der Waals surface area contributed by atoms with E-state index >= 15 is 0 Å². The zero-order chi connectivity index (χ0) is 14.8. The average molecular weight is 301 g/mol. The lowest BCUT2D eigenvalue weighted by molar-refractivity contribution is 0.0935. The summed E-state index contributed by atoms with van der Waals surface area (Å²) in [5.41, 5.74) is 1.93. The van der Waals surface area contributed by atoms with E-state index in [4.69, 9.17) is 11.6 Å². The van der Waals surface area contributed by atoms with Gasteiger partial charge in [0.25, 0.3) is 5.91 Å². The van der Waals surface area contributed by atoms with E-state index in [-0.39, 0.29) is 11.9 Å². The van der Waals surface area contributed by atoms with E-state index in [1.54, 1.807) is 18.3 Å². The minimum atomic E-state index is -0.243. The molecule has 0 saturated heterocycles. The van der Waals surface area contributed by atoms with Crippen molar-refractivity contribution in [1.29, 1.82) is 0 Å². The number of aromatic nitrogens is 3. The predicted octanol–water partition coefficient (Wildman–Crippen LogP) is 2.87. The predicted molar refractivity (Wildman–Crippen MR) is 80.3 cm³/mol. The van der Waals surface area contributed by atoms with Crippen LogP contribution in [0.2, 0.25) is 5.15 Å². The van der Waals surface area contributed by atoms with Gasteiger partial charge in [0.1, 0.15) is 10.8 Å². The number of hydrogen-bond donors (Lipinski definition) is 1. The van der Waals surface area contributed by atoms with Crippen molar-refractivity contribution in [3.63, 3.8) is 0 Å². The molecule has 2 aromatic heterocycles. The Hall–Kier alpha value is -2.40. The summed E-state index contributed by atoms with van der Waals surface area (Å²) < 4.78 is 1.49. The van der Waals surface area contributed by atoms with Crippen LogP contribution in [0, 0.1) is 0 Å². The molecule has 0 saturated carbocycles. The highest BCUT2D eigenvalue weighted by atomic mass is 35.5. The van der Waals surface area contributed by atoms with Gasteiger partial charge in [0.2, 0.25) is 0 Å². The highest BCUT2D eigenvalue weighted by molar-refractivity contribution is 6.29. The Labute approximate surface area is 126 Å². The first kappa shape index (κ1) is 13.6. The van der Waals surface area contributed by atoms with Crippen molar-refractivity contribution in [3.05, 3.63) is 65.1 Å². The van der Waals surface area contributed by atoms with Crippen molar-refractivity contribution < 1.29 is 4.79 Å². The standard InChI is InChI=1S/C15H13ClN4O/c1-10(11-5-3-2-4-6-11)17-15(21)12-9-20-14(18-12)8-7-13(16)19-20/h2-10H,1H3,(H,17,21)/t10-/m1/s1. The van der Waals surface area contributed by atoms with Gasteiger partial charge >= 0.3 is 0 Å². The fourth-order valence-electron chi connectivity index (χ4n) is 2.06. The Morgan fingerprint density at radius 1 is 1.24 bits per heavy atom. The molecule has 1 atom stereocenters. The number of nitrogens with zero attached hydrogens (tertiary/aromatic N) is 3. The van der Waals surface area contributed by atoms with Crippen molar-refractivity contribution in [1.82, 2.24) is 19.9 Å². The number of hydrogen-bond acceptors (Lipinski definition) is 3. The molecule has 21 heavy (non-hydrogen) atoms. The van der Waals surface area contributed by atoms with Crippen molar-refractivity contribution in [2.45, 2.75) is 13.0 Å². The van der Waals surface area contributed by atoms with Gasteiger partial charge in [0, 0.05) is 0 Å². The normalized spacial score (nSPS) is 12.3. The number of nitrogens with one attached hydrogen (secondary N) is 1. The SMILES string of the molecule is C[C@@H](NC(=O)c1cn2nc(Cl)ccc2n1)c1ccccc1. The lowest BCUT2D eigenvalue weighted by atomic mass is 10.1. The van der Waals surface area contributed by atoms with Crippen LogP contribution >= 0.6 is 11.6 Å². The van der Waals surface area contributed by atoms with Gasteiger partial charge in [-0.15, -0.1) is 0 Å². The Bertz CT molecular complexity index is 785. The number of amides is 1. The number of fused-ring (bicyclic) bond motifs is 1. The summed E-state index contributed by atoms with van der Waals surface area (Å²) in [5, 5.41) is 7.32. The van der Waals surface area contributed by atoms with E-state index in [9.17, 15) is 4.79 Å². The molecule has 3 rings (SSSR count). The Balaban J connectivity index is 1.80. The first-order valence-electron chi connectivity index (χ1n) is 6.51. The Kier molecular flexibility index (Phi) is 3.58. The maximum atomic E-state index is 12.2. The topological polar surface area (TPSA) is 59.3 Å². The lowest BCUT2D eigenvalue weighted by Gasteiger charge is -2.12. The molecule has 0 fully saturated rings. The second-order valence-electron chi connectivity index (χ2n) is 4.69. The number of imidazole rings is 1. The molecule has 0 radical (unpaired) electrons. The summed E-state index contributed by atoms with van der Waals surface area (Å²) in [6.07, 6.45) is 1.56. The molecule has 1 aromatic carbocycles. The van der Waals surface area contributed by atoms with Gasteiger partial charge in [-0.3, -0.25) is 4.79 Å². The summed E-state index contributed by atoms with van der Waals surface area (Å²) >= 11 is 5.81. The largest absolute Gasteiger partial charge is 0.344 e. The zero-order valence-electron chi connectivity index (χ0n) is 11.3. The van der Waals surface area contributed by atoms with Crippen molar-refractivity contribution >= 4 is 23.2 Å². The van der Waals surface area contributed by atoms with Crippen LogP contribution in [0.3, 0.4) is 0 Å². The Morgan fingerprint density at radius 3 is 2.76 bits per heavy atom. The number of carbonyl (C=O) groups is 1. The zero-order valence-corrected chi connectivity index (χ0v) is 12.1. The first-order chi connectivity index (χ1) is 10.1. The second-order valence-corrected chi connectivity index (χ2v) is 5.08. The van der Waals surface area contributed by atoms with Gasteiger partial charge in [0.05, 0.1) is 12.2 Å². The van der Waals surface area contributed by atoms with Gasteiger partial charge in [-0.2, -0.15) is 5.10 Å². The molecule has 0 aliphatic heterocycles. The minimum absolute atomic E-state index is 0.0972. The second kappa shape index (κ2) is 5.54. The number of benzene rings is 1. The number of rotatable bonds is 3. The fraction of sp³-hybridized carbons (Fsp3) is 0.133. The molecule has 0 aliphatic carbocycles. The summed E-state index contributed by atoms with van der Waals surface area (Å²) in [5.74, 6) is -0.243. The van der Waals surface area contributed by atoms with Gasteiger partial charge in [0.15, 0.2) is 5.65 Å². The van der Waals surface area contributed by atoms with Crippen LogP contribution in [-0.2, 0) is 0 Å². The third kappa shape index (κ3) is 2.87. The molecular formula is C15H13ClN4O. The molecule has 0 spiro atoms. The molecule has 0 aliphatic rings. The van der Waals surface area contributed by atoms with Crippen molar-refractivity contribution in [3.8, 4) is 0 Å². The van der Waals surface area contributed by atoms with E-state index in [0.717, 1.165) is 5.56 Å². The first-order valence-corrected chi connectivity index (χ1v) is 6.89. The monoisotopic (exact) mass is 300 g/mol. The quantitative estimate of drug-likeness (QED) is 0.809. The van der Waals surface area contributed by atoms with Gasteiger partial charge in [-0.25, -0.2) is 9.50 Å². The molecule has 1 amide bonds. The molecule has 0 bridgehead atoms. The molecule has 3 aromatic rings. The molecule has 1 N–H and O–H groups in total. The summed E-state index contributed by atoms with van der Waals surface area (Å²) in [6, 6.07) is 13.0. The molecular weight excluding hydrogens is 288 g/mol. The summed E-state index contributed by atoms with van der Waals surface area (Å²) in [7, 11) is 0. The van der Waals surface area contributed by atoms with Crippen LogP contribution in [0.15, 0.2) is 48.7 Å². The smallest absolute Gasteiger partial charge is 0.272 e. The highest BCUT2D eigenvalue weighted by Crippen LogP contribution is 2.13. The van der Waals surface area contributed by atoms with E-state index < -0.39 is 0 Å². The minimum Gasteiger partial charge on any atom is -0.344 e. The van der Waals surface area contributed by atoms with E-state index in [2.05, 4.69) is 15.4 Å². The lowest BCUT2D eigenvalue weighted by Crippen LogP contribution is -2.26. The van der Waals surface area contributed by atoms with Crippen LogP contribution in [0.1, 0.15) is 29.0 Å². The molecule has 2 heterocycles. The third-order valence-corrected chi connectivity index (χ3v) is 3.37.